The van der Waals surface area contributed by atoms with E-state index in [1.165, 1.54) is 42.5 Å². The van der Waals surface area contributed by atoms with Crippen LogP contribution in [0.5, 0.6) is 5.75 Å². The maximum atomic E-state index is 12.6. The minimum Gasteiger partial charge on any atom is -0.469 e. The van der Waals surface area contributed by atoms with E-state index in [1.807, 2.05) is 30.3 Å². The van der Waals surface area contributed by atoms with E-state index in [2.05, 4.69) is 26.8 Å². The zero-order valence-electron chi connectivity index (χ0n) is 20.2. The quantitative estimate of drug-likeness (QED) is 0.281. The number of imidazole rings is 1. The maximum Gasteiger partial charge on any atom is 0.573 e. The van der Waals surface area contributed by atoms with Crippen molar-refractivity contribution in [3.63, 3.8) is 0 Å². The zero-order chi connectivity index (χ0) is 26.0. The van der Waals surface area contributed by atoms with Gasteiger partial charge in [0.1, 0.15) is 5.75 Å². The van der Waals surface area contributed by atoms with E-state index in [0.29, 0.717) is 18.1 Å². The van der Waals surface area contributed by atoms with Gasteiger partial charge in [0.15, 0.2) is 0 Å². The number of nitrogens with zero attached hydrogens (tertiary/aromatic N) is 2. The van der Waals surface area contributed by atoms with Gasteiger partial charge in [-0.2, -0.15) is 0 Å². The fourth-order valence-electron chi connectivity index (χ4n) is 4.92. The van der Waals surface area contributed by atoms with Crippen LogP contribution in [0.4, 0.5) is 24.8 Å². The van der Waals surface area contributed by atoms with Crippen LogP contribution in [0.2, 0.25) is 0 Å². The zero-order valence-corrected chi connectivity index (χ0v) is 20.2. The maximum absolute atomic E-state index is 12.6. The van der Waals surface area contributed by atoms with Crippen LogP contribution in [0.25, 0.3) is 11.0 Å². The molecule has 5 rings (SSSR count). The molecule has 0 saturated carbocycles. The predicted molar refractivity (Wildman–Crippen MR) is 134 cm³/mol. The van der Waals surface area contributed by atoms with Crippen LogP contribution < -0.4 is 10.1 Å². The molecule has 9 heteroatoms. The Morgan fingerprint density at radius 2 is 1.89 bits per heavy atom. The van der Waals surface area contributed by atoms with Crippen molar-refractivity contribution in [2.24, 2.45) is 0 Å². The third-order valence-corrected chi connectivity index (χ3v) is 6.59. The Labute approximate surface area is 212 Å². The number of hydrogen-bond donors (Lipinski definition) is 1. The number of carbonyl (C=O) groups excluding carboxylic acids is 1. The molecule has 1 N–H and O–H groups in total. The van der Waals surface area contributed by atoms with Crippen LogP contribution in [0.3, 0.4) is 0 Å². The number of fused-ring (bicyclic) bond motifs is 2. The first-order chi connectivity index (χ1) is 17.8. The molecule has 1 atom stereocenters. The summed E-state index contributed by atoms with van der Waals surface area (Å²) in [4.78, 5) is 16.5. The van der Waals surface area contributed by atoms with Crippen molar-refractivity contribution in [2.75, 3.05) is 12.4 Å². The Morgan fingerprint density at radius 1 is 1.11 bits per heavy atom. The molecule has 0 fully saturated rings. The van der Waals surface area contributed by atoms with Crippen LogP contribution in [-0.2, 0) is 22.4 Å². The van der Waals surface area contributed by atoms with Crippen molar-refractivity contribution in [2.45, 2.75) is 44.5 Å². The summed E-state index contributed by atoms with van der Waals surface area (Å²) in [5, 5.41) is 3.30. The highest BCUT2D eigenvalue weighted by Crippen LogP contribution is 2.38. The van der Waals surface area contributed by atoms with Gasteiger partial charge < -0.3 is 19.4 Å². The molecule has 6 nitrogen and oxygen atoms in total. The molecule has 0 aliphatic heterocycles. The van der Waals surface area contributed by atoms with Crippen molar-refractivity contribution in [3.8, 4) is 5.75 Å². The number of aromatic nitrogens is 2. The Bertz CT molecular complexity index is 1410. The molecule has 1 heterocycles. The SMILES string of the molecule is COC(=O)CCc1ccc2c(c1)nc(Nc1ccc(OC(F)(F)F)cc1)n2C1CCCc2ccccc21. The molecule has 0 radical (unpaired) electrons. The number of rotatable bonds is 7. The predicted octanol–water partition coefficient (Wildman–Crippen LogP) is 6.71. The molecule has 192 valence electrons. The summed E-state index contributed by atoms with van der Waals surface area (Å²) in [6.07, 6.45) is -0.967. The van der Waals surface area contributed by atoms with Gasteiger partial charge in [-0.25, -0.2) is 4.98 Å². The van der Waals surface area contributed by atoms with E-state index in [1.54, 1.807) is 0 Å². The largest absolute Gasteiger partial charge is 0.573 e. The van der Waals surface area contributed by atoms with E-state index in [-0.39, 0.29) is 24.2 Å². The molecule has 1 aromatic heterocycles. The monoisotopic (exact) mass is 509 g/mol. The molecule has 0 amide bonds. The Kier molecular flexibility index (Phi) is 6.78. The van der Waals surface area contributed by atoms with Crippen molar-refractivity contribution < 1.29 is 27.4 Å². The third kappa shape index (κ3) is 5.55. The topological polar surface area (TPSA) is 65.4 Å². The molecule has 0 spiro atoms. The average Bonchev–Trinajstić information content (AvgIpc) is 3.24. The molecular formula is C28H26F3N3O3. The van der Waals surface area contributed by atoms with Gasteiger partial charge in [-0.3, -0.25) is 4.79 Å². The molecule has 37 heavy (non-hydrogen) atoms. The number of alkyl halides is 3. The molecule has 1 aliphatic carbocycles. The number of benzene rings is 3. The van der Waals surface area contributed by atoms with Gasteiger partial charge in [0.25, 0.3) is 0 Å². The van der Waals surface area contributed by atoms with Gasteiger partial charge in [-0.1, -0.05) is 30.3 Å². The van der Waals surface area contributed by atoms with Crippen molar-refractivity contribution in [3.05, 3.63) is 83.4 Å². The van der Waals surface area contributed by atoms with E-state index in [4.69, 9.17) is 9.72 Å². The fourth-order valence-corrected chi connectivity index (χ4v) is 4.92. The number of nitrogens with one attached hydrogen (secondary N) is 1. The van der Waals surface area contributed by atoms with Crippen molar-refractivity contribution >= 4 is 28.6 Å². The lowest BCUT2D eigenvalue weighted by molar-refractivity contribution is -0.274. The lowest BCUT2D eigenvalue weighted by Crippen LogP contribution is -2.18. The molecule has 0 bridgehead atoms. The molecule has 3 aromatic carbocycles. The average molecular weight is 510 g/mol. The first-order valence-corrected chi connectivity index (χ1v) is 12.1. The summed E-state index contributed by atoms with van der Waals surface area (Å²) in [5.41, 5.74) is 5.79. The highest BCUT2D eigenvalue weighted by Gasteiger charge is 2.31. The standard InChI is InChI=1S/C28H26F3N3O3/c1-36-26(35)16-10-18-9-15-25-23(17-18)33-27(32-20-11-13-21(14-12-20)37-28(29,30)31)34(25)24-8-4-6-19-5-2-3-7-22(19)24/h2-3,5,7,9,11-15,17,24H,4,6,8,10,16H2,1H3,(H,32,33). The Hall–Kier alpha value is -4.01. The van der Waals surface area contributed by atoms with Gasteiger partial charge in [0, 0.05) is 12.1 Å². The number of halogens is 3. The van der Waals surface area contributed by atoms with Gasteiger partial charge in [-0.15, -0.1) is 13.2 Å². The van der Waals surface area contributed by atoms with Gasteiger partial charge in [0.2, 0.25) is 5.95 Å². The second-order valence-electron chi connectivity index (χ2n) is 9.01. The number of esters is 1. The highest BCUT2D eigenvalue weighted by atomic mass is 19.4. The van der Waals surface area contributed by atoms with Crippen molar-refractivity contribution in [1.82, 2.24) is 9.55 Å². The molecular weight excluding hydrogens is 483 g/mol. The van der Waals surface area contributed by atoms with Crippen LogP contribution in [0.1, 0.15) is 42.0 Å². The lowest BCUT2D eigenvalue weighted by atomic mass is 9.87. The van der Waals surface area contributed by atoms with Crippen LogP contribution in [0.15, 0.2) is 66.7 Å². The summed E-state index contributed by atoms with van der Waals surface area (Å²) in [6.45, 7) is 0. The van der Waals surface area contributed by atoms with Gasteiger partial charge >= 0.3 is 12.3 Å². The lowest BCUT2D eigenvalue weighted by Gasteiger charge is -2.28. The minimum atomic E-state index is -4.75. The number of ether oxygens (including phenoxy) is 2. The van der Waals surface area contributed by atoms with Crippen molar-refractivity contribution in [1.29, 1.82) is 0 Å². The molecule has 0 saturated heterocycles. The summed E-state index contributed by atoms with van der Waals surface area (Å²) in [7, 11) is 1.37. The van der Waals surface area contributed by atoms with Gasteiger partial charge in [-0.05, 0) is 78.8 Å². The van der Waals surface area contributed by atoms with Gasteiger partial charge in [0.05, 0.1) is 24.2 Å². The normalized spacial score (nSPS) is 15.3. The fraction of sp³-hybridized carbons (Fsp3) is 0.286. The summed E-state index contributed by atoms with van der Waals surface area (Å²) in [6, 6.07) is 20.0. The second kappa shape index (κ2) is 10.2. The number of aryl methyl sites for hydroxylation is 2. The van der Waals surface area contributed by atoms with E-state index in [0.717, 1.165) is 35.9 Å². The van der Waals surface area contributed by atoms with Crippen LogP contribution in [0, 0.1) is 0 Å². The van der Waals surface area contributed by atoms with Crippen LogP contribution in [-0.4, -0.2) is 29.0 Å². The van der Waals surface area contributed by atoms with E-state index >= 15 is 0 Å². The third-order valence-electron chi connectivity index (χ3n) is 6.59. The summed E-state index contributed by atoms with van der Waals surface area (Å²) in [5.74, 6) is 0.0269. The molecule has 4 aromatic rings. The molecule has 1 unspecified atom stereocenters. The first kappa shape index (κ1) is 24.7. The van der Waals surface area contributed by atoms with E-state index < -0.39 is 6.36 Å². The summed E-state index contributed by atoms with van der Waals surface area (Å²) >= 11 is 0. The van der Waals surface area contributed by atoms with Crippen LogP contribution >= 0.6 is 0 Å². The Balaban J connectivity index is 1.53. The highest BCUT2D eigenvalue weighted by molar-refractivity contribution is 5.81. The summed E-state index contributed by atoms with van der Waals surface area (Å²) < 4.78 is 48.6. The van der Waals surface area contributed by atoms with E-state index in [9.17, 15) is 18.0 Å². The number of carbonyl (C=O) groups is 1. The number of hydrogen-bond acceptors (Lipinski definition) is 5. The number of methoxy groups -OCH3 is 1. The smallest absolute Gasteiger partial charge is 0.469 e. The Morgan fingerprint density at radius 3 is 2.65 bits per heavy atom. The number of anilines is 2. The second-order valence-corrected chi connectivity index (χ2v) is 9.01. The minimum absolute atomic E-state index is 0.0474. The molecule has 1 aliphatic rings. The first-order valence-electron chi connectivity index (χ1n) is 12.1.